The van der Waals surface area contributed by atoms with Gasteiger partial charge in [-0.25, -0.2) is 18.3 Å². The normalized spacial score (nSPS) is 17.5. The van der Waals surface area contributed by atoms with Gasteiger partial charge in [-0.2, -0.15) is 12.7 Å². The minimum absolute atomic E-state index is 0.0464. The quantitative estimate of drug-likeness (QED) is 0.766. The minimum atomic E-state index is -3.70. The first-order valence-electron chi connectivity index (χ1n) is 7.15. The van der Waals surface area contributed by atoms with Crippen LogP contribution < -0.4 is 9.86 Å². The Hall–Kier alpha value is -1.00. The third-order valence-corrected chi connectivity index (χ3v) is 6.15. The highest BCUT2D eigenvalue weighted by molar-refractivity contribution is 7.89. The average Bonchev–Trinajstić information content (AvgIpc) is 2.48. The van der Waals surface area contributed by atoms with Crippen molar-refractivity contribution in [2.45, 2.75) is 30.6 Å². The third-order valence-electron chi connectivity index (χ3n) is 3.60. The molecule has 1 aromatic rings. The molecule has 124 valence electrons. The lowest BCUT2D eigenvalue weighted by Crippen LogP contribution is -2.43. The molecule has 1 aliphatic rings. The molecule has 0 bridgehead atoms. The molecule has 1 aliphatic heterocycles. The fourth-order valence-electron chi connectivity index (χ4n) is 2.37. The maximum Gasteiger partial charge on any atom is 0.279 e. The van der Waals surface area contributed by atoms with Crippen molar-refractivity contribution in [3.05, 3.63) is 29.8 Å². The second-order valence-electron chi connectivity index (χ2n) is 5.30. The molecule has 0 aliphatic carbocycles. The van der Waals surface area contributed by atoms with Crippen molar-refractivity contribution in [1.29, 1.82) is 0 Å². The largest absolute Gasteiger partial charge is 0.279 e. The zero-order valence-electron chi connectivity index (χ0n) is 12.2. The SMILES string of the molecule is NS(=O)(=O)c1ccc(CCNS(=O)(=O)N2CCCCC2)cc1. The van der Waals surface area contributed by atoms with Crippen LogP contribution in [0.15, 0.2) is 29.2 Å². The number of rotatable bonds is 6. The van der Waals surface area contributed by atoms with Gasteiger partial charge in [0.2, 0.25) is 10.0 Å². The van der Waals surface area contributed by atoms with Crippen molar-refractivity contribution >= 4 is 20.2 Å². The lowest BCUT2D eigenvalue weighted by atomic mass is 10.2. The van der Waals surface area contributed by atoms with Gasteiger partial charge in [-0.3, -0.25) is 0 Å². The van der Waals surface area contributed by atoms with Gasteiger partial charge in [0, 0.05) is 19.6 Å². The molecule has 3 N–H and O–H groups in total. The van der Waals surface area contributed by atoms with E-state index in [1.54, 1.807) is 12.1 Å². The van der Waals surface area contributed by atoms with E-state index in [9.17, 15) is 16.8 Å². The molecule has 0 atom stereocenters. The van der Waals surface area contributed by atoms with Crippen LogP contribution in [0.1, 0.15) is 24.8 Å². The van der Waals surface area contributed by atoms with Crippen LogP contribution in [0, 0.1) is 0 Å². The van der Waals surface area contributed by atoms with Crippen LogP contribution in [0.2, 0.25) is 0 Å². The van der Waals surface area contributed by atoms with Gasteiger partial charge in [-0.1, -0.05) is 18.6 Å². The van der Waals surface area contributed by atoms with Crippen LogP contribution in [0.4, 0.5) is 0 Å². The van der Waals surface area contributed by atoms with Crippen LogP contribution in [-0.2, 0) is 26.7 Å². The summed E-state index contributed by atoms with van der Waals surface area (Å²) in [5.74, 6) is 0. The fraction of sp³-hybridized carbons (Fsp3) is 0.538. The van der Waals surface area contributed by atoms with E-state index in [4.69, 9.17) is 5.14 Å². The fourth-order valence-corrected chi connectivity index (χ4v) is 4.16. The van der Waals surface area contributed by atoms with E-state index in [0.29, 0.717) is 19.5 Å². The molecule has 1 heterocycles. The smallest absolute Gasteiger partial charge is 0.225 e. The van der Waals surface area contributed by atoms with Gasteiger partial charge in [0.1, 0.15) is 0 Å². The Balaban J connectivity index is 1.88. The molecule has 1 saturated heterocycles. The highest BCUT2D eigenvalue weighted by Gasteiger charge is 2.22. The molecule has 1 fully saturated rings. The Morgan fingerprint density at radius 2 is 1.59 bits per heavy atom. The van der Waals surface area contributed by atoms with Crippen LogP contribution in [-0.4, -0.2) is 40.8 Å². The van der Waals surface area contributed by atoms with Crippen molar-refractivity contribution in [2.75, 3.05) is 19.6 Å². The van der Waals surface area contributed by atoms with E-state index in [1.807, 2.05) is 0 Å². The minimum Gasteiger partial charge on any atom is -0.225 e. The standard InChI is InChI=1S/C13H21N3O4S2/c14-21(17,18)13-6-4-12(5-7-13)8-9-15-22(19,20)16-10-2-1-3-11-16/h4-7,15H,1-3,8-11H2,(H2,14,17,18). The van der Waals surface area contributed by atoms with Crippen LogP contribution in [0.25, 0.3) is 0 Å². The van der Waals surface area contributed by atoms with Crippen molar-refractivity contribution in [3.8, 4) is 0 Å². The summed E-state index contributed by atoms with van der Waals surface area (Å²) in [5, 5.41) is 5.02. The topological polar surface area (TPSA) is 110 Å². The van der Waals surface area contributed by atoms with E-state index in [0.717, 1.165) is 24.8 Å². The van der Waals surface area contributed by atoms with Gasteiger partial charge in [-0.15, -0.1) is 0 Å². The Labute approximate surface area is 131 Å². The first-order valence-corrected chi connectivity index (χ1v) is 10.1. The summed E-state index contributed by atoms with van der Waals surface area (Å²) >= 11 is 0. The van der Waals surface area contributed by atoms with Crippen molar-refractivity contribution in [1.82, 2.24) is 9.03 Å². The van der Waals surface area contributed by atoms with Gasteiger partial charge in [-0.05, 0) is 37.0 Å². The first kappa shape index (κ1) is 17.4. The molecule has 22 heavy (non-hydrogen) atoms. The summed E-state index contributed by atoms with van der Waals surface area (Å²) in [4.78, 5) is 0.0464. The summed E-state index contributed by atoms with van der Waals surface area (Å²) in [6, 6.07) is 6.11. The van der Waals surface area contributed by atoms with Gasteiger partial charge in [0.05, 0.1) is 4.90 Å². The van der Waals surface area contributed by atoms with E-state index < -0.39 is 20.2 Å². The lowest BCUT2D eigenvalue weighted by molar-refractivity contribution is 0.342. The number of nitrogens with zero attached hydrogens (tertiary/aromatic N) is 1. The van der Waals surface area contributed by atoms with Gasteiger partial charge >= 0.3 is 0 Å². The Morgan fingerprint density at radius 1 is 1.00 bits per heavy atom. The van der Waals surface area contributed by atoms with Crippen LogP contribution in [0.3, 0.4) is 0 Å². The summed E-state index contributed by atoms with van der Waals surface area (Å²) < 4.78 is 50.5. The molecule has 9 heteroatoms. The predicted octanol–water partition coefficient (Wildman–Crippen LogP) is 0.197. The van der Waals surface area contributed by atoms with Gasteiger partial charge in [0.25, 0.3) is 10.2 Å². The number of benzene rings is 1. The number of nitrogens with one attached hydrogen (secondary N) is 1. The van der Waals surface area contributed by atoms with E-state index in [2.05, 4.69) is 4.72 Å². The number of sulfonamides is 1. The molecule has 0 saturated carbocycles. The molecule has 0 radical (unpaired) electrons. The molecule has 0 unspecified atom stereocenters. The summed E-state index contributed by atoms with van der Waals surface area (Å²) in [5.41, 5.74) is 0.841. The van der Waals surface area contributed by atoms with Crippen molar-refractivity contribution in [3.63, 3.8) is 0 Å². The van der Waals surface area contributed by atoms with Gasteiger partial charge < -0.3 is 0 Å². The van der Waals surface area contributed by atoms with Crippen molar-refractivity contribution in [2.24, 2.45) is 5.14 Å². The molecule has 2 rings (SSSR count). The molecule has 0 amide bonds. The van der Waals surface area contributed by atoms with E-state index >= 15 is 0 Å². The van der Waals surface area contributed by atoms with Crippen LogP contribution in [0.5, 0.6) is 0 Å². The predicted molar refractivity (Wildman–Crippen MR) is 83.9 cm³/mol. The molecule has 7 nitrogen and oxygen atoms in total. The number of piperidine rings is 1. The average molecular weight is 347 g/mol. The highest BCUT2D eigenvalue weighted by Crippen LogP contribution is 2.12. The Bertz CT molecular complexity index is 693. The number of hydrogen-bond acceptors (Lipinski definition) is 4. The van der Waals surface area contributed by atoms with Crippen LogP contribution >= 0.6 is 0 Å². The zero-order chi connectivity index (χ0) is 16.2. The lowest BCUT2D eigenvalue weighted by Gasteiger charge is -2.25. The summed E-state index contributed by atoms with van der Waals surface area (Å²) in [6.07, 6.45) is 3.35. The maximum atomic E-state index is 12.1. The second-order valence-corrected chi connectivity index (χ2v) is 8.61. The monoisotopic (exact) mass is 347 g/mol. The third kappa shape index (κ3) is 4.75. The second kappa shape index (κ2) is 7.05. The summed E-state index contributed by atoms with van der Waals surface area (Å²) in [6.45, 7) is 1.41. The Morgan fingerprint density at radius 3 is 2.14 bits per heavy atom. The Kier molecular flexibility index (Phi) is 5.56. The summed E-state index contributed by atoms with van der Waals surface area (Å²) in [7, 11) is -7.11. The molecular weight excluding hydrogens is 326 g/mol. The zero-order valence-corrected chi connectivity index (χ0v) is 13.9. The number of hydrogen-bond donors (Lipinski definition) is 2. The van der Waals surface area contributed by atoms with Gasteiger partial charge in [0.15, 0.2) is 0 Å². The first-order chi connectivity index (χ1) is 10.3. The molecule has 0 aromatic heterocycles. The molecular formula is C13H21N3O4S2. The number of primary sulfonamides is 1. The van der Waals surface area contributed by atoms with Crippen molar-refractivity contribution < 1.29 is 16.8 Å². The van der Waals surface area contributed by atoms with E-state index in [1.165, 1.54) is 16.4 Å². The number of nitrogens with two attached hydrogens (primary N) is 1. The molecule has 1 aromatic carbocycles. The molecule has 0 spiro atoms. The van der Waals surface area contributed by atoms with E-state index in [-0.39, 0.29) is 11.4 Å². The highest BCUT2D eigenvalue weighted by atomic mass is 32.2. The maximum absolute atomic E-state index is 12.1.